The maximum absolute atomic E-state index is 5.69. The molecule has 5 heteroatoms. The third-order valence-corrected chi connectivity index (χ3v) is 3.50. The summed E-state index contributed by atoms with van der Waals surface area (Å²) >= 11 is 0. The van der Waals surface area contributed by atoms with Crippen LogP contribution in [0.3, 0.4) is 0 Å². The first kappa shape index (κ1) is 18.5. The monoisotopic (exact) mass is 331 g/mol. The lowest BCUT2D eigenvalue weighted by molar-refractivity contribution is 0.271. The highest BCUT2D eigenvalue weighted by Crippen LogP contribution is 2.22. The molecule has 1 heterocycles. The minimum Gasteiger partial charge on any atom is -0.493 e. The van der Waals surface area contributed by atoms with E-state index in [4.69, 9.17) is 9.15 Å². The van der Waals surface area contributed by atoms with Crippen molar-refractivity contribution in [2.75, 3.05) is 33.8 Å². The molecule has 2 rings (SSSR count). The molecule has 0 spiro atoms. The Bertz CT molecular complexity index is 591. The molecule has 1 aromatic heterocycles. The molecule has 0 radical (unpaired) electrons. The predicted octanol–water partition coefficient (Wildman–Crippen LogP) is 3.42. The lowest BCUT2D eigenvalue weighted by atomic mass is 10.2. The molecule has 0 aliphatic rings. The van der Waals surface area contributed by atoms with E-state index in [1.54, 1.807) is 6.26 Å². The SMILES string of the molecule is CC(C)COc1ccc(-c2nc(CNCCCN(C)C)co2)cc1. The molecule has 132 valence electrons. The Hall–Kier alpha value is -1.85. The summed E-state index contributed by atoms with van der Waals surface area (Å²) in [5.74, 6) is 2.04. The normalized spacial score (nSPS) is 11.4. The summed E-state index contributed by atoms with van der Waals surface area (Å²) < 4.78 is 11.3. The molecule has 5 nitrogen and oxygen atoms in total. The van der Waals surface area contributed by atoms with Crippen molar-refractivity contribution < 1.29 is 9.15 Å². The number of benzene rings is 1. The van der Waals surface area contributed by atoms with E-state index in [9.17, 15) is 0 Å². The molecule has 0 saturated carbocycles. The largest absolute Gasteiger partial charge is 0.493 e. The van der Waals surface area contributed by atoms with Crippen LogP contribution in [0.1, 0.15) is 26.0 Å². The van der Waals surface area contributed by atoms with E-state index < -0.39 is 0 Å². The Morgan fingerprint density at radius 1 is 1.21 bits per heavy atom. The summed E-state index contributed by atoms with van der Waals surface area (Å²) in [6.45, 7) is 7.79. The fraction of sp³-hybridized carbons (Fsp3) is 0.526. The lowest BCUT2D eigenvalue weighted by Crippen LogP contribution is -2.21. The molecule has 0 fully saturated rings. The van der Waals surface area contributed by atoms with Gasteiger partial charge in [-0.15, -0.1) is 0 Å². The molecule has 0 bridgehead atoms. The number of ether oxygens (including phenoxy) is 1. The standard InChI is InChI=1S/C19H29N3O2/c1-15(2)13-23-18-8-6-16(7-9-18)19-21-17(14-24-19)12-20-10-5-11-22(3)4/h6-9,14-15,20H,5,10-13H2,1-4H3. The summed E-state index contributed by atoms with van der Waals surface area (Å²) in [6, 6.07) is 7.88. The Morgan fingerprint density at radius 3 is 2.62 bits per heavy atom. The highest BCUT2D eigenvalue weighted by atomic mass is 16.5. The lowest BCUT2D eigenvalue weighted by Gasteiger charge is -2.08. The third kappa shape index (κ3) is 6.34. The van der Waals surface area contributed by atoms with Crippen LogP contribution in [0.2, 0.25) is 0 Å². The van der Waals surface area contributed by atoms with E-state index in [0.717, 1.165) is 49.7 Å². The van der Waals surface area contributed by atoms with Crippen molar-refractivity contribution in [1.29, 1.82) is 0 Å². The number of hydrogen-bond donors (Lipinski definition) is 1. The van der Waals surface area contributed by atoms with Crippen LogP contribution < -0.4 is 10.1 Å². The zero-order chi connectivity index (χ0) is 17.4. The van der Waals surface area contributed by atoms with Crippen LogP contribution in [0.5, 0.6) is 5.75 Å². The quantitative estimate of drug-likeness (QED) is 0.676. The molecule has 0 saturated heterocycles. The topological polar surface area (TPSA) is 50.5 Å². The van der Waals surface area contributed by atoms with Gasteiger partial charge in [-0.25, -0.2) is 4.98 Å². The van der Waals surface area contributed by atoms with Gasteiger partial charge in [0.1, 0.15) is 12.0 Å². The minimum atomic E-state index is 0.518. The molecule has 0 aliphatic carbocycles. The van der Waals surface area contributed by atoms with Gasteiger partial charge in [-0.05, 0) is 63.8 Å². The zero-order valence-corrected chi connectivity index (χ0v) is 15.2. The molecular weight excluding hydrogens is 302 g/mol. The smallest absolute Gasteiger partial charge is 0.226 e. The van der Waals surface area contributed by atoms with Crippen LogP contribution in [0.15, 0.2) is 34.9 Å². The first-order valence-electron chi connectivity index (χ1n) is 8.57. The number of nitrogens with one attached hydrogen (secondary N) is 1. The van der Waals surface area contributed by atoms with E-state index in [-0.39, 0.29) is 0 Å². The molecule has 0 atom stereocenters. The number of hydrogen-bond acceptors (Lipinski definition) is 5. The van der Waals surface area contributed by atoms with Gasteiger partial charge in [-0.3, -0.25) is 0 Å². The summed E-state index contributed by atoms with van der Waals surface area (Å²) in [7, 11) is 4.17. The summed E-state index contributed by atoms with van der Waals surface area (Å²) in [5.41, 5.74) is 1.89. The van der Waals surface area contributed by atoms with Gasteiger partial charge in [0.15, 0.2) is 0 Å². The van der Waals surface area contributed by atoms with E-state index in [1.807, 2.05) is 24.3 Å². The maximum atomic E-state index is 5.69. The van der Waals surface area contributed by atoms with Crippen LogP contribution in [0.4, 0.5) is 0 Å². The van der Waals surface area contributed by atoms with Crippen LogP contribution >= 0.6 is 0 Å². The molecule has 1 N–H and O–H groups in total. The van der Waals surface area contributed by atoms with Gasteiger partial charge < -0.3 is 19.4 Å². The number of nitrogens with zero attached hydrogens (tertiary/aromatic N) is 2. The highest BCUT2D eigenvalue weighted by molar-refractivity contribution is 5.54. The predicted molar refractivity (Wildman–Crippen MR) is 97.1 cm³/mol. The van der Waals surface area contributed by atoms with Crippen molar-refractivity contribution in [3.05, 3.63) is 36.2 Å². The van der Waals surface area contributed by atoms with Gasteiger partial charge in [-0.2, -0.15) is 0 Å². The first-order valence-corrected chi connectivity index (χ1v) is 8.57. The van der Waals surface area contributed by atoms with Crippen LogP contribution in [-0.2, 0) is 6.54 Å². The van der Waals surface area contributed by atoms with Crippen molar-refractivity contribution in [3.8, 4) is 17.2 Å². The average molecular weight is 331 g/mol. The second-order valence-corrected chi connectivity index (χ2v) is 6.71. The van der Waals surface area contributed by atoms with E-state index in [2.05, 4.69) is 43.1 Å². The van der Waals surface area contributed by atoms with Gasteiger partial charge >= 0.3 is 0 Å². The van der Waals surface area contributed by atoms with Crippen molar-refractivity contribution >= 4 is 0 Å². The van der Waals surface area contributed by atoms with Gasteiger partial charge in [0.05, 0.1) is 12.3 Å². The third-order valence-electron chi connectivity index (χ3n) is 3.50. The van der Waals surface area contributed by atoms with Crippen LogP contribution in [-0.4, -0.2) is 43.7 Å². The Labute approximate surface area is 145 Å². The van der Waals surface area contributed by atoms with Crippen molar-refractivity contribution in [2.24, 2.45) is 5.92 Å². The van der Waals surface area contributed by atoms with E-state index in [0.29, 0.717) is 11.8 Å². The highest BCUT2D eigenvalue weighted by Gasteiger charge is 2.07. The van der Waals surface area contributed by atoms with Crippen molar-refractivity contribution in [3.63, 3.8) is 0 Å². The van der Waals surface area contributed by atoms with Gasteiger partial charge in [0.2, 0.25) is 5.89 Å². The second-order valence-electron chi connectivity index (χ2n) is 6.71. The van der Waals surface area contributed by atoms with Gasteiger partial charge in [0.25, 0.3) is 0 Å². The van der Waals surface area contributed by atoms with Crippen molar-refractivity contribution in [1.82, 2.24) is 15.2 Å². The maximum Gasteiger partial charge on any atom is 0.226 e. The van der Waals surface area contributed by atoms with E-state index in [1.165, 1.54) is 0 Å². The summed E-state index contributed by atoms with van der Waals surface area (Å²) in [4.78, 5) is 6.72. The van der Waals surface area contributed by atoms with Gasteiger partial charge in [0, 0.05) is 12.1 Å². The Balaban J connectivity index is 1.81. The molecule has 0 amide bonds. The van der Waals surface area contributed by atoms with Crippen molar-refractivity contribution in [2.45, 2.75) is 26.8 Å². The molecule has 0 unspecified atom stereocenters. The van der Waals surface area contributed by atoms with Crippen LogP contribution in [0.25, 0.3) is 11.5 Å². The molecule has 1 aromatic carbocycles. The first-order chi connectivity index (χ1) is 11.5. The average Bonchev–Trinajstić information content (AvgIpc) is 3.01. The number of oxazole rings is 1. The molecule has 2 aromatic rings. The van der Waals surface area contributed by atoms with E-state index >= 15 is 0 Å². The fourth-order valence-electron chi connectivity index (χ4n) is 2.21. The zero-order valence-electron chi connectivity index (χ0n) is 15.2. The Kier molecular flexibility index (Phi) is 7.28. The molecule has 24 heavy (non-hydrogen) atoms. The fourth-order valence-corrected chi connectivity index (χ4v) is 2.21. The Morgan fingerprint density at radius 2 is 1.96 bits per heavy atom. The molecule has 0 aliphatic heterocycles. The van der Waals surface area contributed by atoms with Crippen LogP contribution in [0, 0.1) is 5.92 Å². The molecular formula is C19H29N3O2. The minimum absolute atomic E-state index is 0.518. The summed E-state index contributed by atoms with van der Waals surface area (Å²) in [5, 5.41) is 3.39. The number of aromatic nitrogens is 1. The number of rotatable bonds is 10. The second kappa shape index (κ2) is 9.45. The van der Waals surface area contributed by atoms with Gasteiger partial charge in [-0.1, -0.05) is 13.8 Å². The summed E-state index contributed by atoms with van der Waals surface area (Å²) in [6.07, 6.45) is 2.84.